The van der Waals surface area contributed by atoms with Crippen molar-refractivity contribution in [1.82, 2.24) is 9.97 Å². The zero-order valence-electron chi connectivity index (χ0n) is 13.6. The Labute approximate surface area is 146 Å². The topological polar surface area (TPSA) is 72.3 Å². The van der Waals surface area contributed by atoms with Gasteiger partial charge in [0.1, 0.15) is 0 Å². The van der Waals surface area contributed by atoms with E-state index >= 15 is 0 Å². The van der Waals surface area contributed by atoms with Gasteiger partial charge >= 0.3 is 5.97 Å². The Morgan fingerprint density at radius 3 is 2.48 bits per heavy atom. The molecule has 0 spiro atoms. The Morgan fingerprint density at radius 1 is 0.960 bits per heavy atom. The number of aromatic nitrogens is 2. The van der Waals surface area contributed by atoms with Crippen LogP contribution in [0.4, 0.5) is 0 Å². The quantitative estimate of drug-likeness (QED) is 0.660. The highest BCUT2D eigenvalue weighted by Gasteiger charge is 2.09. The van der Waals surface area contributed by atoms with Crippen LogP contribution in [0.2, 0.25) is 0 Å². The van der Waals surface area contributed by atoms with Crippen LogP contribution in [0.3, 0.4) is 0 Å². The second kappa shape index (κ2) is 8.06. The van der Waals surface area contributed by atoms with E-state index in [9.17, 15) is 4.79 Å². The summed E-state index contributed by atoms with van der Waals surface area (Å²) in [7, 11) is 0. The minimum absolute atomic E-state index is 0.0749. The van der Waals surface area contributed by atoms with Gasteiger partial charge in [-0.25, -0.2) is 4.98 Å². The van der Waals surface area contributed by atoms with Gasteiger partial charge in [0, 0.05) is 18.7 Å². The van der Waals surface area contributed by atoms with Gasteiger partial charge in [0.15, 0.2) is 0 Å². The molecule has 1 N–H and O–H groups in total. The van der Waals surface area contributed by atoms with Crippen molar-refractivity contribution in [2.24, 2.45) is 0 Å². The second-order valence-electron chi connectivity index (χ2n) is 5.51. The normalized spacial score (nSPS) is 10.4. The lowest BCUT2D eigenvalue weighted by Gasteiger charge is -2.10. The van der Waals surface area contributed by atoms with Gasteiger partial charge in [-0.1, -0.05) is 36.4 Å². The Morgan fingerprint density at radius 2 is 1.76 bits per heavy atom. The number of ether oxygens (including phenoxy) is 1. The highest BCUT2D eigenvalue weighted by molar-refractivity contribution is 5.70. The summed E-state index contributed by atoms with van der Waals surface area (Å²) >= 11 is 0. The SMILES string of the molecule is O=C(O)CCCOc1cc(-c2ccccc2)cc(-c2ccccn2)n1. The molecule has 0 unspecified atom stereocenters. The summed E-state index contributed by atoms with van der Waals surface area (Å²) in [5, 5.41) is 8.72. The molecule has 0 radical (unpaired) electrons. The van der Waals surface area contributed by atoms with E-state index in [2.05, 4.69) is 9.97 Å². The van der Waals surface area contributed by atoms with Crippen LogP contribution >= 0.6 is 0 Å². The van der Waals surface area contributed by atoms with Gasteiger partial charge in [0.05, 0.1) is 18.0 Å². The zero-order valence-corrected chi connectivity index (χ0v) is 13.6. The maximum atomic E-state index is 10.6. The molecule has 5 nitrogen and oxygen atoms in total. The molecule has 3 aromatic rings. The Balaban J connectivity index is 1.90. The Kier molecular flexibility index (Phi) is 5.36. The van der Waals surface area contributed by atoms with Crippen molar-refractivity contribution >= 4 is 5.97 Å². The lowest BCUT2D eigenvalue weighted by Crippen LogP contribution is -2.03. The lowest BCUT2D eigenvalue weighted by molar-refractivity contribution is -0.137. The predicted octanol–water partition coefficient (Wildman–Crippen LogP) is 4.05. The van der Waals surface area contributed by atoms with E-state index in [1.54, 1.807) is 6.20 Å². The number of hydrogen-bond acceptors (Lipinski definition) is 4. The first-order valence-electron chi connectivity index (χ1n) is 8.06. The van der Waals surface area contributed by atoms with E-state index < -0.39 is 5.97 Å². The number of benzene rings is 1. The molecule has 5 heteroatoms. The highest BCUT2D eigenvalue weighted by Crippen LogP contribution is 2.27. The summed E-state index contributed by atoms with van der Waals surface area (Å²) in [6.07, 6.45) is 2.23. The first-order chi connectivity index (χ1) is 12.2. The van der Waals surface area contributed by atoms with Gasteiger partial charge in [-0.05, 0) is 35.7 Å². The first-order valence-corrected chi connectivity index (χ1v) is 8.06. The fourth-order valence-electron chi connectivity index (χ4n) is 2.42. The van der Waals surface area contributed by atoms with Gasteiger partial charge in [0.25, 0.3) is 0 Å². The minimum atomic E-state index is -0.830. The molecule has 0 aliphatic carbocycles. The lowest BCUT2D eigenvalue weighted by atomic mass is 10.1. The third-order valence-corrected chi connectivity index (χ3v) is 3.62. The van der Waals surface area contributed by atoms with Gasteiger partial charge in [0.2, 0.25) is 5.88 Å². The summed E-state index contributed by atoms with van der Waals surface area (Å²) in [4.78, 5) is 19.5. The van der Waals surface area contributed by atoms with Crippen molar-refractivity contribution in [3.05, 3.63) is 66.9 Å². The summed E-state index contributed by atoms with van der Waals surface area (Å²) in [6.45, 7) is 0.305. The van der Waals surface area contributed by atoms with Crippen LogP contribution in [0, 0.1) is 0 Å². The van der Waals surface area contributed by atoms with Crippen LogP contribution in [-0.2, 0) is 4.79 Å². The molecule has 0 aliphatic rings. The Hall–Kier alpha value is -3.21. The van der Waals surface area contributed by atoms with Crippen molar-refractivity contribution in [2.45, 2.75) is 12.8 Å². The molecule has 1 aromatic carbocycles. The molecule has 0 saturated heterocycles. The van der Waals surface area contributed by atoms with Gasteiger partial charge < -0.3 is 9.84 Å². The number of carboxylic acid groups (broad SMARTS) is 1. The fourth-order valence-corrected chi connectivity index (χ4v) is 2.42. The molecule has 0 fully saturated rings. The Bertz CT molecular complexity index is 778. The molecule has 3 rings (SSSR count). The van der Waals surface area contributed by atoms with Crippen LogP contribution in [-0.4, -0.2) is 27.7 Å². The van der Waals surface area contributed by atoms with E-state index in [4.69, 9.17) is 9.84 Å². The fraction of sp³-hybridized carbons (Fsp3) is 0.150. The van der Waals surface area contributed by atoms with Crippen molar-refractivity contribution < 1.29 is 14.6 Å². The number of carbonyl (C=O) groups is 1. The summed E-state index contributed by atoms with van der Waals surface area (Å²) < 4.78 is 5.68. The third-order valence-electron chi connectivity index (χ3n) is 3.62. The largest absolute Gasteiger partial charge is 0.481 e. The van der Waals surface area contributed by atoms with Crippen LogP contribution in [0.5, 0.6) is 5.88 Å². The van der Waals surface area contributed by atoms with Gasteiger partial charge in [-0.15, -0.1) is 0 Å². The predicted molar refractivity (Wildman–Crippen MR) is 95.3 cm³/mol. The van der Waals surface area contributed by atoms with Crippen molar-refractivity contribution in [3.8, 4) is 28.4 Å². The molecule has 0 atom stereocenters. The van der Waals surface area contributed by atoms with E-state index in [-0.39, 0.29) is 6.42 Å². The molecular formula is C20H18N2O3. The molecule has 2 heterocycles. The van der Waals surface area contributed by atoms with Crippen LogP contribution in [0.1, 0.15) is 12.8 Å². The molecule has 126 valence electrons. The summed E-state index contributed by atoms with van der Waals surface area (Å²) in [5.74, 6) is -0.365. The van der Waals surface area contributed by atoms with Crippen LogP contribution in [0.25, 0.3) is 22.5 Å². The smallest absolute Gasteiger partial charge is 0.303 e. The third kappa shape index (κ3) is 4.64. The van der Waals surface area contributed by atoms with Crippen molar-refractivity contribution in [3.63, 3.8) is 0 Å². The molecule has 0 bridgehead atoms. The van der Waals surface area contributed by atoms with E-state index in [0.29, 0.717) is 18.9 Å². The molecule has 25 heavy (non-hydrogen) atoms. The van der Waals surface area contributed by atoms with Crippen molar-refractivity contribution in [1.29, 1.82) is 0 Å². The number of hydrogen-bond donors (Lipinski definition) is 1. The average Bonchev–Trinajstić information content (AvgIpc) is 2.66. The number of nitrogens with zero attached hydrogens (tertiary/aromatic N) is 2. The average molecular weight is 334 g/mol. The number of pyridine rings is 2. The maximum Gasteiger partial charge on any atom is 0.303 e. The van der Waals surface area contributed by atoms with E-state index in [1.165, 1.54) is 0 Å². The molecule has 0 saturated carbocycles. The van der Waals surface area contributed by atoms with Gasteiger partial charge in [-0.3, -0.25) is 9.78 Å². The number of aliphatic carboxylic acids is 1. The summed E-state index contributed by atoms with van der Waals surface area (Å²) in [6, 6.07) is 19.5. The molecule has 2 aromatic heterocycles. The standard InChI is InChI=1S/C20H18N2O3/c23-20(24)10-6-12-25-19-14-16(15-7-2-1-3-8-15)13-18(22-19)17-9-4-5-11-21-17/h1-5,7-9,11,13-14H,6,10,12H2,(H,23,24). The highest BCUT2D eigenvalue weighted by atomic mass is 16.5. The molecule has 0 amide bonds. The van der Waals surface area contributed by atoms with Crippen LogP contribution in [0.15, 0.2) is 66.9 Å². The van der Waals surface area contributed by atoms with Crippen LogP contribution < -0.4 is 4.74 Å². The van der Waals surface area contributed by atoms with Crippen molar-refractivity contribution in [2.75, 3.05) is 6.61 Å². The molecule has 0 aliphatic heterocycles. The number of carboxylic acids is 1. The summed E-state index contributed by atoms with van der Waals surface area (Å²) in [5.41, 5.74) is 3.51. The minimum Gasteiger partial charge on any atom is -0.481 e. The maximum absolute atomic E-state index is 10.6. The molecular weight excluding hydrogens is 316 g/mol. The van der Waals surface area contributed by atoms with E-state index in [1.807, 2.05) is 60.7 Å². The van der Waals surface area contributed by atoms with Gasteiger partial charge in [-0.2, -0.15) is 0 Å². The first kappa shape index (κ1) is 16.6. The number of rotatable bonds is 7. The second-order valence-corrected chi connectivity index (χ2v) is 5.51. The monoisotopic (exact) mass is 334 g/mol. The van der Waals surface area contributed by atoms with E-state index in [0.717, 1.165) is 22.5 Å². The zero-order chi connectivity index (χ0) is 17.5.